The van der Waals surface area contributed by atoms with Crippen molar-refractivity contribution in [3.05, 3.63) is 59.1 Å². The zero-order valence-corrected chi connectivity index (χ0v) is 12.3. The van der Waals surface area contributed by atoms with Crippen LogP contribution in [0.15, 0.2) is 53.7 Å². The second kappa shape index (κ2) is 5.31. The van der Waals surface area contributed by atoms with Crippen LogP contribution in [0.3, 0.4) is 0 Å². The van der Waals surface area contributed by atoms with Crippen molar-refractivity contribution in [3.63, 3.8) is 0 Å². The van der Waals surface area contributed by atoms with Gasteiger partial charge in [-0.05, 0) is 48.2 Å². The molecular weight excluding hydrogens is 292 g/mol. The van der Waals surface area contributed by atoms with Gasteiger partial charge >= 0.3 is 0 Å². The van der Waals surface area contributed by atoms with E-state index >= 15 is 0 Å². The van der Waals surface area contributed by atoms with Crippen LogP contribution in [0.2, 0.25) is 5.02 Å². The van der Waals surface area contributed by atoms with Crippen molar-refractivity contribution in [1.29, 1.82) is 0 Å². The minimum absolute atomic E-state index is 0.0416. The Hall–Kier alpha value is -1.78. The normalized spacial score (nSPS) is 10.9. The molecule has 100 valence electrons. The Kier molecular flexibility index (Phi) is 3.51. The van der Waals surface area contributed by atoms with Gasteiger partial charge in [-0.2, -0.15) is 0 Å². The second-order valence-electron chi connectivity index (χ2n) is 4.34. The van der Waals surface area contributed by atoms with E-state index in [1.54, 1.807) is 24.3 Å². The van der Waals surface area contributed by atoms with Gasteiger partial charge in [-0.1, -0.05) is 23.7 Å². The summed E-state index contributed by atoms with van der Waals surface area (Å²) in [6, 6.07) is 14.7. The Morgan fingerprint density at radius 1 is 1.15 bits per heavy atom. The van der Waals surface area contributed by atoms with Crippen LogP contribution in [0, 0.1) is 0 Å². The van der Waals surface area contributed by atoms with Crippen molar-refractivity contribution in [2.75, 3.05) is 0 Å². The zero-order valence-electron chi connectivity index (χ0n) is 10.7. The fourth-order valence-electron chi connectivity index (χ4n) is 1.94. The maximum absolute atomic E-state index is 12.2. The molecule has 3 aromatic rings. The Bertz CT molecular complexity index is 780. The van der Waals surface area contributed by atoms with Gasteiger partial charge in [-0.3, -0.25) is 4.79 Å². The number of fused-ring (bicyclic) bond motifs is 1. The Labute approximate surface area is 125 Å². The SMILES string of the molecule is Cn1c(SC(=O)c2ccc(Cl)cc2)nc2ccccc21. The third kappa shape index (κ3) is 2.44. The lowest BCUT2D eigenvalue weighted by atomic mass is 10.2. The van der Waals surface area contributed by atoms with Gasteiger partial charge in [0.05, 0.1) is 11.0 Å². The fraction of sp³-hybridized carbons (Fsp3) is 0.0667. The highest BCUT2D eigenvalue weighted by Gasteiger charge is 2.14. The molecule has 0 N–H and O–H groups in total. The monoisotopic (exact) mass is 302 g/mol. The van der Waals surface area contributed by atoms with Crippen molar-refractivity contribution >= 4 is 39.5 Å². The number of aryl methyl sites for hydroxylation is 1. The third-order valence-electron chi connectivity index (χ3n) is 3.01. The van der Waals surface area contributed by atoms with E-state index in [9.17, 15) is 4.79 Å². The molecule has 0 fully saturated rings. The lowest BCUT2D eigenvalue weighted by Crippen LogP contribution is -1.97. The van der Waals surface area contributed by atoms with Crippen molar-refractivity contribution < 1.29 is 4.79 Å². The van der Waals surface area contributed by atoms with Crippen LogP contribution in [-0.2, 0) is 7.05 Å². The van der Waals surface area contributed by atoms with Crippen molar-refractivity contribution in [3.8, 4) is 0 Å². The lowest BCUT2D eigenvalue weighted by molar-refractivity contribution is 0.108. The summed E-state index contributed by atoms with van der Waals surface area (Å²) in [7, 11) is 1.91. The van der Waals surface area contributed by atoms with Gasteiger partial charge in [0.1, 0.15) is 0 Å². The molecule has 0 saturated carbocycles. The summed E-state index contributed by atoms with van der Waals surface area (Å²) in [6.07, 6.45) is 0. The number of thioether (sulfide) groups is 1. The van der Waals surface area contributed by atoms with E-state index in [4.69, 9.17) is 11.6 Å². The van der Waals surface area contributed by atoms with Crippen molar-refractivity contribution in [1.82, 2.24) is 9.55 Å². The van der Waals surface area contributed by atoms with Gasteiger partial charge in [-0.25, -0.2) is 4.98 Å². The molecule has 0 aliphatic heterocycles. The molecular formula is C15H11ClN2OS. The van der Waals surface area contributed by atoms with E-state index in [-0.39, 0.29) is 5.12 Å². The average Bonchev–Trinajstić information content (AvgIpc) is 2.77. The molecule has 0 saturated heterocycles. The first-order chi connectivity index (χ1) is 9.65. The molecule has 2 aromatic carbocycles. The van der Waals surface area contributed by atoms with Gasteiger partial charge in [0.15, 0.2) is 5.16 Å². The average molecular weight is 303 g/mol. The molecule has 0 atom stereocenters. The van der Waals surface area contributed by atoms with E-state index < -0.39 is 0 Å². The molecule has 0 radical (unpaired) electrons. The van der Waals surface area contributed by atoms with Crippen molar-refractivity contribution in [2.45, 2.75) is 5.16 Å². The zero-order chi connectivity index (χ0) is 14.1. The largest absolute Gasteiger partial charge is 0.322 e. The molecule has 0 bridgehead atoms. The quantitative estimate of drug-likeness (QED) is 0.667. The van der Waals surface area contributed by atoms with Crippen LogP contribution in [-0.4, -0.2) is 14.7 Å². The van der Waals surface area contributed by atoms with Crippen molar-refractivity contribution in [2.24, 2.45) is 7.05 Å². The molecule has 3 nitrogen and oxygen atoms in total. The highest BCUT2D eigenvalue weighted by molar-refractivity contribution is 8.14. The molecule has 1 aromatic heterocycles. The Morgan fingerprint density at radius 2 is 1.85 bits per heavy atom. The van der Waals surface area contributed by atoms with Crippen LogP contribution in [0.25, 0.3) is 11.0 Å². The second-order valence-corrected chi connectivity index (χ2v) is 5.72. The predicted molar refractivity (Wildman–Crippen MR) is 82.4 cm³/mol. The minimum Gasteiger partial charge on any atom is -0.322 e. The van der Waals surface area contributed by atoms with Crippen LogP contribution in [0.4, 0.5) is 0 Å². The van der Waals surface area contributed by atoms with Gasteiger partial charge < -0.3 is 4.57 Å². The number of imidazole rings is 1. The Morgan fingerprint density at radius 3 is 2.55 bits per heavy atom. The van der Waals surface area contributed by atoms with Gasteiger partial charge in [0, 0.05) is 17.6 Å². The first-order valence-electron chi connectivity index (χ1n) is 6.04. The Balaban J connectivity index is 1.91. The predicted octanol–water partition coefficient (Wildman–Crippen LogP) is 4.16. The molecule has 20 heavy (non-hydrogen) atoms. The van der Waals surface area contributed by atoms with E-state index in [1.807, 2.05) is 35.9 Å². The first-order valence-corrected chi connectivity index (χ1v) is 7.24. The van der Waals surface area contributed by atoms with E-state index in [0.29, 0.717) is 15.7 Å². The number of rotatable bonds is 2. The summed E-state index contributed by atoms with van der Waals surface area (Å²) >= 11 is 6.95. The smallest absolute Gasteiger partial charge is 0.227 e. The third-order valence-corrected chi connectivity index (χ3v) is 4.23. The first kappa shape index (κ1) is 13.2. The van der Waals surface area contributed by atoms with Gasteiger partial charge in [0.25, 0.3) is 0 Å². The molecule has 5 heteroatoms. The number of hydrogen-bond acceptors (Lipinski definition) is 3. The van der Waals surface area contributed by atoms with Crippen LogP contribution >= 0.6 is 23.4 Å². The number of hydrogen-bond donors (Lipinski definition) is 0. The summed E-state index contributed by atoms with van der Waals surface area (Å²) in [5, 5.41) is 1.26. The standard InChI is InChI=1S/C15H11ClN2OS/c1-18-13-5-3-2-4-12(13)17-15(18)20-14(19)10-6-8-11(16)9-7-10/h2-9H,1H3. The number of para-hydroxylation sites is 2. The van der Waals surface area contributed by atoms with Crippen LogP contribution in [0.1, 0.15) is 10.4 Å². The van der Waals surface area contributed by atoms with E-state index in [1.165, 1.54) is 0 Å². The molecule has 3 rings (SSSR count). The lowest BCUT2D eigenvalue weighted by Gasteiger charge is -2.01. The molecule has 0 unspecified atom stereocenters. The molecule has 0 aliphatic rings. The molecule has 0 spiro atoms. The maximum atomic E-state index is 12.2. The highest BCUT2D eigenvalue weighted by Crippen LogP contribution is 2.26. The van der Waals surface area contributed by atoms with Crippen LogP contribution < -0.4 is 0 Å². The maximum Gasteiger partial charge on any atom is 0.227 e. The molecule has 0 amide bonds. The number of carbonyl (C=O) groups excluding carboxylic acids is 1. The summed E-state index contributed by atoms with van der Waals surface area (Å²) < 4.78 is 1.92. The number of benzene rings is 2. The topological polar surface area (TPSA) is 34.9 Å². The number of carbonyl (C=O) groups is 1. The summed E-state index contributed by atoms with van der Waals surface area (Å²) in [5.41, 5.74) is 2.52. The number of nitrogens with zero attached hydrogens (tertiary/aromatic N) is 2. The summed E-state index contributed by atoms with van der Waals surface area (Å²) in [5.74, 6) is 0. The number of aromatic nitrogens is 2. The summed E-state index contributed by atoms with van der Waals surface area (Å²) in [4.78, 5) is 16.7. The van der Waals surface area contributed by atoms with Gasteiger partial charge in [0.2, 0.25) is 5.12 Å². The highest BCUT2D eigenvalue weighted by atomic mass is 35.5. The minimum atomic E-state index is -0.0416. The fourth-order valence-corrected chi connectivity index (χ4v) is 2.87. The van der Waals surface area contributed by atoms with E-state index in [2.05, 4.69) is 4.98 Å². The molecule has 1 heterocycles. The van der Waals surface area contributed by atoms with Crippen LogP contribution in [0.5, 0.6) is 0 Å². The summed E-state index contributed by atoms with van der Waals surface area (Å²) in [6.45, 7) is 0. The van der Waals surface area contributed by atoms with E-state index in [0.717, 1.165) is 22.8 Å². The number of halogens is 1. The molecule has 0 aliphatic carbocycles. The van der Waals surface area contributed by atoms with Gasteiger partial charge in [-0.15, -0.1) is 0 Å².